The third-order valence-electron chi connectivity index (χ3n) is 7.46. The highest BCUT2D eigenvalue weighted by molar-refractivity contribution is 5.74. The number of hydrogen-bond acceptors (Lipinski definition) is 2. The Bertz CT molecular complexity index is 670. The van der Waals surface area contributed by atoms with Crippen molar-refractivity contribution in [1.82, 2.24) is 0 Å². The molecule has 1 aromatic carbocycles. The molecule has 0 saturated heterocycles. The second kappa shape index (κ2) is 5.59. The monoisotopic (exact) mass is 327 g/mol. The molecule has 24 heavy (non-hydrogen) atoms. The van der Waals surface area contributed by atoms with Crippen molar-refractivity contribution in [2.45, 2.75) is 64.4 Å². The molecule has 0 spiro atoms. The van der Waals surface area contributed by atoms with Gasteiger partial charge in [0.1, 0.15) is 0 Å². The molecule has 3 N–H and O–H groups in total. The lowest BCUT2D eigenvalue weighted by molar-refractivity contribution is -0.120. The smallest absolute Gasteiger partial charge is 0.217 e. The van der Waals surface area contributed by atoms with Crippen molar-refractivity contribution < 1.29 is 9.90 Å². The second-order valence-corrected chi connectivity index (χ2v) is 8.77. The van der Waals surface area contributed by atoms with Crippen LogP contribution in [-0.2, 0) is 11.2 Å². The van der Waals surface area contributed by atoms with Crippen molar-refractivity contribution in [3.05, 3.63) is 34.9 Å². The van der Waals surface area contributed by atoms with E-state index in [0.29, 0.717) is 24.2 Å². The molecule has 1 amide bonds. The third-order valence-corrected chi connectivity index (χ3v) is 7.46. The van der Waals surface area contributed by atoms with Gasteiger partial charge in [0.05, 0.1) is 6.10 Å². The maximum atomic E-state index is 11.4. The van der Waals surface area contributed by atoms with Crippen molar-refractivity contribution in [3.8, 4) is 0 Å². The van der Waals surface area contributed by atoms with E-state index >= 15 is 0 Å². The van der Waals surface area contributed by atoms with Crippen molar-refractivity contribution >= 4 is 5.91 Å². The Balaban J connectivity index is 1.65. The van der Waals surface area contributed by atoms with Crippen LogP contribution in [-0.4, -0.2) is 17.1 Å². The maximum Gasteiger partial charge on any atom is 0.217 e. The molecule has 4 rings (SSSR count). The van der Waals surface area contributed by atoms with E-state index in [4.69, 9.17) is 5.73 Å². The topological polar surface area (TPSA) is 63.3 Å². The van der Waals surface area contributed by atoms with Crippen molar-refractivity contribution in [1.29, 1.82) is 0 Å². The molecule has 4 unspecified atom stereocenters. The Labute approximate surface area is 144 Å². The number of primary amides is 1. The summed E-state index contributed by atoms with van der Waals surface area (Å²) in [4.78, 5) is 11.4. The number of hydrogen-bond donors (Lipinski definition) is 2. The van der Waals surface area contributed by atoms with Crippen molar-refractivity contribution in [2.75, 3.05) is 0 Å². The number of fused-ring (bicyclic) bond motifs is 5. The first-order valence-electron chi connectivity index (χ1n) is 9.46. The SMILES string of the molecule is Cc1ccc2c(c1)CCC1C2CC[C@@]2(C)C1CC(CC(N)=O)[C@@H]2O. The van der Waals surface area contributed by atoms with E-state index in [2.05, 4.69) is 32.0 Å². The predicted molar refractivity (Wildman–Crippen MR) is 94.5 cm³/mol. The minimum Gasteiger partial charge on any atom is -0.392 e. The molecule has 3 nitrogen and oxygen atoms in total. The van der Waals surface area contributed by atoms with Gasteiger partial charge in [-0.3, -0.25) is 4.79 Å². The summed E-state index contributed by atoms with van der Waals surface area (Å²) in [7, 11) is 0. The Kier molecular flexibility index (Phi) is 3.76. The molecule has 3 aliphatic carbocycles. The summed E-state index contributed by atoms with van der Waals surface area (Å²) >= 11 is 0. The summed E-state index contributed by atoms with van der Waals surface area (Å²) < 4.78 is 0. The fourth-order valence-electron chi connectivity index (χ4n) is 6.32. The van der Waals surface area contributed by atoms with E-state index in [9.17, 15) is 9.90 Å². The molecule has 1 aromatic rings. The number of benzene rings is 1. The number of carbonyl (C=O) groups excluding carboxylic acids is 1. The minimum absolute atomic E-state index is 0.0382. The molecule has 0 bridgehead atoms. The second-order valence-electron chi connectivity index (χ2n) is 8.77. The zero-order chi connectivity index (χ0) is 17.1. The minimum atomic E-state index is -0.379. The van der Waals surface area contributed by atoms with Gasteiger partial charge in [-0.05, 0) is 79.2 Å². The van der Waals surface area contributed by atoms with E-state index in [1.807, 2.05) is 0 Å². The van der Waals surface area contributed by atoms with Crippen molar-refractivity contribution in [3.63, 3.8) is 0 Å². The van der Waals surface area contributed by atoms with E-state index in [0.717, 1.165) is 25.7 Å². The van der Waals surface area contributed by atoms with E-state index < -0.39 is 0 Å². The van der Waals surface area contributed by atoms with Gasteiger partial charge >= 0.3 is 0 Å². The summed E-state index contributed by atoms with van der Waals surface area (Å²) in [5, 5.41) is 10.9. The predicted octanol–water partition coefficient (Wildman–Crippen LogP) is 3.31. The van der Waals surface area contributed by atoms with Crippen LogP contribution in [0, 0.1) is 30.1 Å². The quantitative estimate of drug-likeness (QED) is 0.875. The molecular weight excluding hydrogens is 298 g/mol. The van der Waals surface area contributed by atoms with Gasteiger partial charge in [0.15, 0.2) is 0 Å². The molecule has 0 aliphatic heterocycles. The van der Waals surface area contributed by atoms with Crippen LogP contribution >= 0.6 is 0 Å². The van der Waals surface area contributed by atoms with Crippen LogP contribution < -0.4 is 5.73 Å². The highest BCUT2D eigenvalue weighted by atomic mass is 16.3. The summed E-state index contributed by atoms with van der Waals surface area (Å²) in [6.07, 6.45) is 5.51. The Morgan fingerprint density at radius 2 is 2.17 bits per heavy atom. The molecule has 3 heteroatoms. The highest BCUT2D eigenvalue weighted by Crippen LogP contribution is 2.62. The van der Waals surface area contributed by atoms with Gasteiger partial charge in [0, 0.05) is 6.42 Å². The number of carbonyl (C=O) groups is 1. The molecule has 0 radical (unpaired) electrons. The maximum absolute atomic E-state index is 11.4. The highest BCUT2D eigenvalue weighted by Gasteiger charge is 2.57. The van der Waals surface area contributed by atoms with Crippen LogP contribution in [0.2, 0.25) is 0 Å². The van der Waals surface area contributed by atoms with Crippen LogP contribution in [0.15, 0.2) is 18.2 Å². The number of nitrogens with two attached hydrogens (primary N) is 1. The number of aliphatic hydroxyl groups excluding tert-OH is 1. The summed E-state index contributed by atoms with van der Waals surface area (Å²) in [6.45, 7) is 4.43. The van der Waals surface area contributed by atoms with Gasteiger partial charge in [0.25, 0.3) is 0 Å². The van der Waals surface area contributed by atoms with Gasteiger partial charge in [-0.2, -0.15) is 0 Å². The van der Waals surface area contributed by atoms with Crippen molar-refractivity contribution in [2.24, 2.45) is 28.9 Å². The van der Waals surface area contributed by atoms with Gasteiger partial charge in [-0.1, -0.05) is 30.7 Å². The summed E-state index contributed by atoms with van der Waals surface area (Å²) in [5.74, 6) is 1.57. The number of aliphatic hydroxyl groups is 1. The third kappa shape index (κ3) is 2.32. The Hall–Kier alpha value is -1.35. The molecular formula is C21H29NO2. The normalized spacial score (nSPS) is 40.5. The lowest BCUT2D eigenvalue weighted by atomic mass is 9.55. The summed E-state index contributed by atoms with van der Waals surface area (Å²) in [5.41, 5.74) is 9.82. The molecule has 3 aliphatic rings. The average Bonchev–Trinajstić information content (AvgIpc) is 2.78. The fraction of sp³-hybridized carbons (Fsp3) is 0.667. The number of rotatable bonds is 2. The van der Waals surface area contributed by atoms with Gasteiger partial charge in [-0.25, -0.2) is 0 Å². The molecule has 2 fully saturated rings. The van der Waals surface area contributed by atoms with Crippen LogP contribution in [0.3, 0.4) is 0 Å². The first kappa shape index (κ1) is 16.1. The Morgan fingerprint density at radius 1 is 1.38 bits per heavy atom. The van der Waals surface area contributed by atoms with Gasteiger partial charge in [0.2, 0.25) is 5.91 Å². The van der Waals surface area contributed by atoms with Gasteiger partial charge in [-0.15, -0.1) is 0 Å². The van der Waals surface area contributed by atoms with Crippen LogP contribution in [0.1, 0.15) is 61.6 Å². The molecule has 2 saturated carbocycles. The van der Waals surface area contributed by atoms with Gasteiger partial charge < -0.3 is 10.8 Å². The number of aryl methyl sites for hydroxylation is 2. The zero-order valence-electron chi connectivity index (χ0n) is 14.8. The standard InChI is InChI=1S/C21H29NO2/c1-12-3-5-15-13(9-12)4-6-17-16(15)7-8-21(2)18(17)10-14(20(21)24)11-19(22)23/h3,5,9,14,16-18,20,24H,4,6-8,10-11H2,1-2H3,(H2,22,23)/t14?,16?,17?,18?,20-,21-/m0/s1. The van der Waals surface area contributed by atoms with E-state index in [1.165, 1.54) is 17.5 Å². The van der Waals surface area contributed by atoms with Crippen LogP contribution in [0.4, 0.5) is 0 Å². The number of amides is 1. The lowest BCUT2D eigenvalue weighted by Crippen LogP contribution is -2.44. The lowest BCUT2D eigenvalue weighted by Gasteiger charge is -2.50. The van der Waals surface area contributed by atoms with E-state index in [1.54, 1.807) is 5.56 Å². The molecule has 130 valence electrons. The summed E-state index contributed by atoms with van der Waals surface area (Å²) in [6, 6.07) is 6.95. The van der Waals surface area contributed by atoms with Crippen LogP contribution in [0.25, 0.3) is 0 Å². The Morgan fingerprint density at radius 3 is 2.92 bits per heavy atom. The molecule has 0 aromatic heterocycles. The largest absolute Gasteiger partial charge is 0.392 e. The fourth-order valence-corrected chi connectivity index (χ4v) is 6.32. The van der Waals surface area contributed by atoms with Crippen LogP contribution in [0.5, 0.6) is 0 Å². The first-order valence-corrected chi connectivity index (χ1v) is 9.46. The first-order chi connectivity index (χ1) is 11.4. The van der Waals surface area contributed by atoms with E-state index in [-0.39, 0.29) is 23.3 Å². The zero-order valence-corrected chi connectivity index (χ0v) is 14.8. The molecule has 6 atom stereocenters. The average molecular weight is 327 g/mol. The molecule has 0 heterocycles.